The van der Waals surface area contributed by atoms with E-state index in [0.717, 1.165) is 11.3 Å². The van der Waals surface area contributed by atoms with Crippen molar-refractivity contribution in [1.82, 2.24) is 0 Å². The number of Topliss-reactive ketones (excluding diaryl/α,β-unsaturated/α-hetero) is 1. The molecule has 0 aliphatic rings. The second kappa shape index (κ2) is 9.87. The summed E-state index contributed by atoms with van der Waals surface area (Å²) in [5.41, 5.74) is 0.362. The fourth-order valence-corrected chi connectivity index (χ4v) is 2.33. The van der Waals surface area contributed by atoms with E-state index in [-0.39, 0.29) is 25.2 Å². The Hall–Kier alpha value is -1.47. The van der Waals surface area contributed by atoms with Crippen molar-refractivity contribution in [2.45, 2.75) is 58.5 Å². The molecule has 3 unspecified atom stereocenters. The number of rotatable bonds is 10. The largest absolute Gasteiger partial charge is 0.497 e. The van der Waals surface area contributed by atoms with Crippen molar-refractivity contribution >= 4 is 5.78 Å². The van der Waals surface area contributed by atoms with Crippen LogP contribution in [0.2, 0.25) is 0 Å². The number of hydrogen-bond acceptors (Lipinski definition) is 6. The predicted octanol–water partition coefficient (Wildman–Crippen LogP) is 1.69. The summed E-state index contributed by atoms with van der Waals surface area (Å²) in [6.45, 7) is 4.96. The van der Waals surface area contributed by atoms with Gasteiger partial charge >= 0.3 is 0 Å². The monoisotopic (exact) mass is 354 g/mol. The Kier molecular flexibility index (Phi) is 8.52. The van der Waals surface area contributed by atoms with Gasteiger partial charge in [-0.15, -0.1) is 0 Å². The Morgan fingerprint density at radius 1 is 1.16 bits per heavy atom. The molecule has 0 saturated heterocycles. The van der Waals surface area contributed by atoms with Crippen LogP contribution < -0.4 is 4.74 Å². The molecule has 0 aliphatic carbocycles. The molecule has 0 aromatic heterocycles. The molecule has 142 valence electrons. The number of aliphatic hydroxyl groups excluding tert-OH is 3. The molecular formula is C19H30O6. The number of carbonyl (C=O) groups excluding carboxylic acids is 1. The van der Waals surface area contributed by atoms with Gasteiger partial charge in [-0.25, -0.2) is 0 Å². The third-order valence-corrected chi connectivity index (χ3v) is 3.92. The maximum atomic E-state index is 11.9. The van der Waals surface area contributed by atoms with Gasteiger partial charge in [0.05, 0.1) is 32.3 Å². The molecule has 1 aromatic carbocycles. The molecule has 25 heavy (non-hydrogen) atoms. The second-order valence-corrected chi connectivity index (χ2v) is 7.21. The molecule has 0 fully saturated rings. The van der Waals surface area contributed by atoms with E-state index >= 15 is 0 Å². The van der Waals surface area contributed by atoms with Crippen molar-refractivity contribution in [1.29, 1.82) is 0 Å². The highest BCUT2D eigenvalue weighted by atomic mass is 16.6. The van der Waals surface area contributed by atoms with E-state index in [9.17, 15) is 20.1 Å². The topological polar surface area (TPSA) is 96.2 Å². The van der Waals surface area contributed by atoms with Gasteiger partial charge in [0.1, 0.15) is 11.5 Å². The molecule has 0 heterocycles. The van der Waals surface area contributed by atoms with Gasteiger partial charge in [0, 0.05) is 11.8 Å². The van der Waals surface area contributed by atoms with E-state index in [4.69, 9.17) is 9.47 Å². The number of methoxy groups -OCH3 is 1. The molecule has 0 amide bonds. The molecule has 0 radical (unpaired) electrons. The van der Waals surface area contributed by atoms with E-state index < -0.39 is 23.9 Å². The third-order valence-electron chi connectivity index (χ3n) is 3.92. The Bertz CT molecular complexity index is 520. The van der Waals surface area contributed by atoms with Crippen LogP contribution in [0.1, 0.15) is 39.2 Å². The molecule has 1 rings (SSSR count). The minimum absolute atomic E-state index is 0.129. The number of aliphatic hydroxyl groups is 3. The fraction of sp³-hybridized carbons (Fsp3) is 0.632. The van der Waals surface area contributed by atoms with Gasteiger partial charge in [-0.2, -0.15) is 0 Å². The normalized spacial score (nSPS) is 15.5. The second-order valence-electron chi connectivity index (χ2n) is 7.21. The predicted molar refractivity (Wildman–Crippen MR) is 94.4 cm³/mol. The molecule has 6 nitrogen and oxygen atoms in total. The number of benzene rings is 1. The van der Waals surface area contributed by atoms with Crippen LogP contribution in [0.4, 0.5) is 0 Å². The van der Waals surface area contributed by atoms with Gasteiger partial charge in [0.15, 0.2) is 6.29 Å². The lowest BCUT2D eigenvalue weighted by Gasteiger charge is -2.24. The first-order valence-corrected chi connectivity index (χ1v) is 8.44. The highest BCUT2D eigenvalue weighted by molar-refractivity contribution is 5.83. The van der Waals surface area contributed by atoms with E-state index in [0.29, 0.717) is 6.42 Å². The van der Waals surface area contributed by atoms with Gasteiger partial charge in [-0.3, -0.25) is 4.79 Å². The van der Waals surface area contributed by atoms with Crippen molar-refractivity contribution in [3.63, 3.8) is 0 Å². The third kappa shape index (κ3) is 7.96. The summed E-state index contributed by atoms with van der Waals surface area (Å²) in [5, 5.41) is 29.5. The van der Waals surface area contributed by atoms with Gasteiger partial charge in [0.25, 0.3) is 0 Å². The van der Waals surface area contributed by atoms with Crippen molar-refractivity contribution in [2.24, 2.45) is 5.41 Å². The average molecular weight is 354 g/mol. The summed E-state index contributed by atoms with van der Waals surface area (Å²) in [7, 11) is 1.59. The minimum atomic E-state index is -1.29. The SMILES string of the molecule is COc1ccc(CC(O)CC(CO)OC(O)CC(=O)C(C)(C)C)cc1. The highest BCUT2D eigenvalue weighted by Crippen LogP contribution is 2.19. The molecule has 0 saturated carbocycles. The van der Waals surface area contributed by atoms with Crippen LogP contribution in [0, 0.1) is 5.41 Å². The van der Waals surface area contributed by atoms with Gasteiger partial charge in [-0.1, -0.05) is 32.9 Å². The maximum absolute atomic E-state index is 11.9. The van der Waals surface area contributed by atoms with Crippen LogP contribution >= 0.6 is 0 Å². The first-order chi connectivity index (χ1) is 11.7. The zero-order chi connectivity index (χ0) is 19.0. The summed E-state index contributed by atoms with van der Waals surface area (Å²) < 4.78 is 10.4. The number of carbonyl (C=O) groups is 1. The lowest BCUT2D eigenvalue weighted by atomic mass is 9.89. The molecular weight excluding hydrogens is 324 g/mol. The summed E-state index contributed by atoms with van der Waals surface area (Å²) in [4.78, 5) is 11.9. The molecule has 3 atom stereocenters. The van der Waals surface area contributed by atoms with Crippen molar-refractivity contribution in [3.05, 3.63) is 29.8 Å². The maximum Gasteiger partial charge on any atom is 0.161 e. The Morgan fingerprint density at radius 2 is 1.76 bits per heavy atom. The average Bonchev–Trinajstić information content (AvgIpc) is 2.53. The van der Waals surface area contributed by atoms with Gasteiger partial charge in [-0.05, 0) is 24.1 Å². The number of hydrogen-bond donors (Lipinski definition) is 3. The molecule has 0 bridgehead atoms. The molecule has 1 aromatic rings. The Labute approximate surface area is 149 Å². The summed E-state index contributed by atoms with van der Waals surface area (Å²) in [6, 6.07) is 7.33. The first kappa shape index (κ1) is 21.6. The molecule has 3 N–H and O–H groups in total. The van der Waals surface area contributed by atoms with Crippen LogP contribution in [-0.2, 0) is 16.0 Å². The van der Waals surface area contributed by atoms with E-state index in [1.807, 2.05) is 24.3 Å². The van der Waals surface area contributed by atoms with Crippen LogP contribution in [0.25, 0.3) is 0 Å². The Morgan fingerprint density at radius 3 is 2.24 bits per heavy atom. The first-order valence-electron chi connectivity index (χ1n) is 8.44. The summed E-state index contributed by atoms with van der Waals surface area (Å²) >= 11 is 0. The van der Waals surface area contributed by atoms with E-state index in [1.165, 1.54) is 0 Å². The highest BCUT2D eigenvalue weighted by Gasteiger charge is 2.26. The van der Waals surface area contributed by atoms with Crippen LogP contribution in [0.5, 0.6) is 5.75 Å². The van der Waals surface area contributed by atoms with Crippen LogP contribution in [0.3, 0.4) is 0 Å². The van der Waals surface area contributed by atoms with Crippen LogP contribution in [0.15, 0.2) is 24.3 Å². The quantitative estimate of drug-likeness (QED) is 0.553. The van der Waals surface area contributed by atoms with Gasteiger partial charge in [0.2, 0.25) is 0 Å². The van der Waals surface area contributed by atoms with E-state index in [2.05, 4.69) is 0 Å². The number of ketones is 1. The molecule has 0 aliphatic heterocycles. The Balaban J connectivity index is 2.49. The fourth-order valence-electron chi connectivity index (χ4n) is 2.33. The lowest BCUT2D eigenvalue weighted by Crippen LogP contribution is -2.33. The molecule has 6 heteroatoms. The zero-order valence-corrected chi connectivity index (χ0v) is 15.4. The number of ether oxygens (including phenoxy) is 2. The standard InChI is InChI=1S/C19H30O6/c1-19(2,3)17(22)11-18(23)25-16(12-20)10-14(21)9-13-5-7-15(24-4)8-6-13/h5-8,14,16,18,20-21,23H,9-12H2,1-4H3. The zero-order valence-electron chi connectivity index (χ0n) is 15.4. The van der Waals surface area contributed by atoms with Crippen molar-refractivity contribution < 1.29 is 29.6 Å². The smallest absolute Gasteiger partial charge is 0.161 e. The van der Waals surface area contributed by atoms with Crippen molar-refractivity contribution in [2.75, 3.05) is 13.7 Å². The lowest BCUT2D eigenvalue weighted by molar-refractivity contribution is -0.166. The van der Waals surface area contributed by atoms with E-state index in [1.54, 1.807) is 27.9 Å². The summed E-state index contributed by atoms with van der Waals surface area (Å²) in [6.07, 6.45) is -2.37. The minimum Gasteiger partial charge on any atom is -0.497 e. The summed E-state index contributed by atoms with van der Waals surface area (Å²) in [5.74, 6) is 0.608. The molecule has 0 spiro atoms. The van der Waals surface area contributed by atoms with Crippen LogP contribution in [-0.4, -0.2) is 53.3 Å². The van der Waals surface area contributed by atoms with Gasteiger partial charge < -0.3 is 24.8 Å². The van der Waals surface area contributed by atoms with Crippen molar-refractivity contribution in [3.8, 4) is 5.75 Å².